The predicted octanol–water partition coefficient (Wildman–Crippen LogP) is 1.62. The summed E-state index contributed by atoms with van der Waals surface area (Å²) in [6.45, 7) is 5.07. The fourth-order valence-corrected chi connectivity index (χ4v) is 3.24. The molecule has 0 spiro atoms. The smallest absolute Gasteiger partial charge is 0.263 e. The number of hydrogen-bond donors (Lipinski definition) is 2. The van der Waals surface area contributed by atoms with Gasteiger partial charge < -0.3 is 15.5 Å². The number of nitrogens with zero attached hydrogens (tertiary/aromatic N) is 1. The molecule has 2 aliphatic rings. The van der Waals surface area contributed by atoms with Crippen molar-refractivity contribution in [3.63, 3.8) is 0 Å². The Balaban J connectivity index is 1.56. The largest absolute Gasteiger partial charge is 0.377 e. The zero-order valence-corrected chi connectivity index (χ0v) is 11.3. The molecule has 2 fully saturated rings. The van der Waals surface area contributed by atoms with Crippen molar-refractivity contribution in [3.8, 4) is 0 Å². The van der Waals surface area contributed by atoms with Crippen LogP contribution in [0, 0.1) is 5.92 Å². The molecule has 2 saturated heterocycles. The zero-order chi connectivity index (χ0) is 12.4. The van der Waals surface area contributed by atoms with Gasteiger partial charge in [0, 0.05) is 38.6 Å². The van der Waals surface area contributed by atoms with Crippen molar-refractivity contribution in [1.82, 2.24) is 10.2 Å². The van der Waals surface area contributed by atoms with Crippen LogP contribution in [0.5, 0.6) is 0 Å². The van der Waals surface area contributed by atoms with E-state index in [2.05, 4.69) is 10.6 Å². The number of carbonyl (C=O) groups excluding carboxylic acids is 1. The van der Waals surface area contributed by atoms with Crippen LogP contribution in [-0.4, -0.2) is 43.5 Å². The number of likely N-dealkylation sites (tertiary alicyclic amines) is 1. The lowest BCUT2D eigenvalue weighted by molar-refractivity contribution is 0.0797. The molecule has 2 N–H and O–H groups in total. The summed E-state index contributed by atoms with van der Waals surface area (Å²) in [5.74, 6) is 0.945. The molecule has 5 heteroatoms. The number of thiophene rings is 1. The molecule has 1 aromatic heterocycles. The van der Waals surface area contributed by atoms with E-state index in [9.17, 15) is 4.79 Å². The van der Waals surface area contributed by atoms with E-state index in [4.69, 9.17) is 0 Å². The van der Waals surface area contributed by atoms with E-state index >= 15 is 0 Å². The minimum Gasteiger partial charge on any atom is -0.377 e. The lowest BCUT2D eigenvalue weighted by atomic mass is 10.0. The maximum atomic E-state index is 12.2. The summed E-state index contributed by atoms with van der Waals surface area (Å²) < 4.78 is 0. The summed E-state index contributed by atoms with van der Waals surface area (Å²) in [7, 11) is 0. The van der Waals surface area contributed by atoms with Gasteiger partial charge in [-0.25, -0.2) is 0 Å². The van der Waals surface area contributed by atoms with E-state index in [1.807, 2.05) is 17.0 Å². The minimum atomic E-state index is 0.205. The Morgan fingerprint density at radius 3 is 2.83 bits per heavy atom. The van der Waals surface area contributed by atoms with Gasteiger partial charge in [-0.1, -0.05) is 0 Å². The first kappa shape index (κ1) is 12.0. The topological polar surface area (TPSA) is 44.4 Å². The fraction of sp³-hybridized carbons (Fsp3) is 0.615. The molecule has 0 unspecified atom stereocenters. The van der Waals surface area contributed by atoms with Crippen molar-refractivity contribution < 1.29 is 4.79 Å². The third-order valence-electron chi connectivity index (χ3n) is 3.64. The number of rotatable bonds is 4. The van der Waals surface area contributed by atoms with E-state index in [0.717, 1.165) is 61.4 Å². The van der Waals surface area contributed by atoms with E-state index in [1.54, 1.807) is 11.3 Å². The van der Waals surface area contributed by atoms with Gasteiger partial charge in [-0.3, -0.25) is 4.79 Å². The van der Waals surface area contributed by atoms with Gasteiger partial charge in [0.05, 0.1) is 9.88 Å². The summed E-state index contributed by atoms with van der Waals surface area (Å²) in [6.07, 6.45) is 2.30. The number of hydrogen-bond acceptors (Lipinski definition) is 4. The molecule has 1 amide bonds. The monoisotopic (exact) mass is 265 g/mol. The summed E-state index contributed by atoms with van der Waals surface area (Å²) in [6, 6.07) is 3.98. The lowest BCUT2D eigenvalue weighted by Gasteiger charge is -2.27. The summed E-state index contributed by atoms with van der Waals surface area (Å²) in [5, 5.41) is 7.80. The van der Waals surface area contributed by atoms with Crippen LogP contribution < -0.4 is 10.6 Å². The molecule has 4 nitrogen and oxygen atoms in total. The van der Waals surface area contributed by atoms with Gasteiger partial charge in [0.2, 0.25) is 0 Å². The van der Waals surface area contributed by atoms with Gasteiger partial charge in [-0.2, -0.15) is 0 Å². The molecule has 0 atom stereocenters. The van der Waals surface area contributed by atoms with E-state index in [0.29, 0.717) is 0 Å². The number of amides is 1. The average Bonchev–Trinajstić information content (AvgIpc) is 2.97. The molecule has 1 aromatic rings. The number of nitrogens with one attached hydrogen (secondary N) is 2. The van der Waals surface area contributed by atoms with Gasteiger partial charge in [-0.15, -0.1) is 11.3 Å². The van der Waals surface area contributed by atoms with Crippen molar-refractivity contribution in [2.45, 2.75) is 12.8 Å². The van der Waals surface area contributed by atoms with Crippen LogP contribution in [0.4, 0.5) is 5.00 Å². The van der Waals surface area contributed by atoms with Crippen LogP contribution in [0.15, 0.2) is 12.1 Å². The standard InChI is InChI=1S/C13H19N3OS/c17-13(16-5-1-2-6-16)11-3-4-12(18-11)15-9-10-7-14-8-10/h3-4,10,14-15H,1-2,5-9H2. The Hall–Kier alpha value is -1.07. The van der Waals surface area contributed by atoms with Crippen LogP contribution in [0.2, 0.25) is 0 Å². The second-order valence-electron chi connectivity index (χ2n) is 5.07. The predicted molar refractivity (Wildman–Crippen MR) is 74.3 cm³/mol. The molecule has 0 radical (unpaired) electrons. The second kappa shape index (κ2) is 5.28. The molecule has 0 saturated carbocycles. The molecule has 0 bridgehead atoms. The molecule has 3 rings (SSSR count). The minimum absolute atomic E-state index is 0.205. The first-order valence-electron chi connectivity index (χ1n) is 6.66. The number of anilines is 1. The summed E-state index contributed by atoms with van der Waals surface area (Å²) >= 11 is 1.58. The van der Waals surface area contributed by atoms with E-state index < -0.39 is 0 Å². The van der Waals surface area contributed by atoms with Gasteiger partial charge in [-0.05, 0) is 25.0 Å². The third kappa shape index (κ3) is 2.52. The van der Waals surface area contributed by atoms with Crippen molar-refractivity contribution in [3.05, 3.63) is 17.0 Å². The third-order valence-corrected chi connectivity index (χ3v) is 4.67. The maximum absolute atomic E-state index is 12.2. The molecule has 0 aromatic carbocycles. The van der Waals surface area contributed by atoms with Crippen LogP contribution in [0.3, 0.4) is 0 Å². The normalized spacial score (nSPS) is 19.9. The quantitative estimate of drug-likeness (QED) is 0.869. The Labute approximate surface area is 111 Å². The highest BCUT2D eigenvalue weighted by Gasteiger charge is 2.21. The molecule has 18 heavy (non-hydrogen) atoms. The van der Waals surface area contributed by atoms with Crippen LogP contribution >= 0.6 is 11.3 Å². The first-order valence-corrected chi connectivity index (χ1v) is 7.48. The molecular formula is C13H19N3OS. The van der Waals surface area contributed by atoms with Gasteiger partial charge in [0.15, 0.2) is 0 Å². The highest BCUT2D eigenvalue weighted by atomic mass is 32.1. The molecule has 0 aliphatic carbocycles. The fourth-order valence-electron chi connectivity index (χ4n) is 2.36. The number of carbonyl (C=O) groups is 1. The average molecular weight is 265 g/mol. The van der Waals surface area contributed by atoms with Gasteiger partial charge >= 0.3 is 0 Å². The molecule has 98 valence electrons. The first-order chi connectivity index (χ1) is 8.83. The Kier molecular flexibility index (Phi) is 3.52. The van der Waals surface area contributed by atoms with E-state index in [1.165, 1.54) is 0 Å². The Morgan fingerprint density at radius 2 is 2.17 bits per heavy atom. The van der Waals surface area contributed by atoms with E-state index in [-0.39, 0.29) is 5.91 Å². The van der Waals surface area contributed by atoms with Crippen LogP contribution in [0.1, 0.15) is 22.5 Å². The van der Waals surface area contributed by atoms with Crippen LogP contribution in [0.25, 0.3) is 0 Å². The Morgan fingerprint density at radius 1 is 1.39 bits per heavy atom. The van der Waals surface area contributed by atoms with Crippen molar-refractivity contribution in [2.75, 3.05) is 38.0 Å². The maximum Gasteiger partial charge on any atom is 0.263 e. The molecule has 2 aliphatic heterocycles. The van der Waals surface area contributed by atoms with Crippen molar-refractivity contribution in [2.24, 2.45) is 5.92 Å². The lowest BCUT2D eigenvalue weighted by Crippen LogP contribution is -2.45. The molecular weight excluding hydrogens is 246 g/mol. The zero-order valence-electron chi connectivity index (χ0n) is 10.4. The summed E-state index contributed by atoms with van der Waals surface area (Å²) in [5.41, 5.74) is 0. The van der Waals surface area contributed by atoms with Gasteiger partial charge in [0.1, 0.15) is 0 Å². The highest BCUT2D eigenvalue weighted by molar-refractivity contribution is 7.17. The second-order valence-corrected chi connectivity index (χ2v) is 6.15. The molecule has 3 heterocycles. The SMILES string of the molecule is O=C(c1ccc(NCC2CNC2)s1)N1CCCC1. The summed E-state index contributed by atoms with van der Waals surface area (Å²) in [4.78, 5) is 15.0. The van der Waals surface area contributed by atoms with Crippen molar-refractivity contribution >= 4 is 22.2 Å². The van der Waals surface area contributed by atoms with Crippen molar-refractivity contribution in [1.29, 1.82) is 0 Å². The van der Waals surface area contributed by atoms with Crippen LogP contribution in [-0.2, 0) is 0 Å². The Bertz CT molecular complexity index is 422. The highest BCUT2D eigenvalue weighted by Crippen LogP contribution is 2.25. The van der Waals surface area contributed by atoms with Gasteiger partial charge in [0.25, 0.3) is 5.91 Å².